The highest BCUT2D eigenvalue weighted by molar-refractivity contribution is 5.77. The highest BCUT2D eigenvalue weighted by atomic mass is 16.5. The summed E-state index contributed by atoms with van der Waals surface area (Å²) in [7, 11) is 2.51. The Bertz CT molecular complexity index is 551. The Hall–Kier alpha value is -2.35. The normalized spacial score (nSPS) is 10.9. The van der Waals surface area contributed by atoms with E-state index in [0.29, 0.717) is 11.5 Å². The molecule has 118 valence electrons. The van der Waals surface area contributed by atoms with Gasteiger partial charge in [0.2, 0.25) is 0 Å². The fourth-order valence-electron chi connectivity index (χ4n) is 2.23. The minimum Gasteiger partial charge on any atom is -0.469 e. The monoisotopic (exact) mass is 303 g/mol. The van der Waals surface area contributed by atoms with Crippen LogP contribution in [0.25, 0.3) is 0 Å². The quantitative estimate of drug-likeness (QED) is 0.755. The fraction of sp³-hybridized carbons (Fsp3) is 0.471. The summed E-state index contributed by atoms with van der Waals surface area (Å²) in [4.78, 5) is 23.4. The molecule has 0 aliphatic heterocycles. The molecule has 0 saturated carbocycles. The maximum atomic E-state index is 11.7. The number of carbonyl (C=O) groups is 2. The molecule has 0 fully saturated rings. The van der Waals surface area contributed by atoms with Gasteiger partial charge in [0.05, 0.1) is 33.1 Å². The summed E-state index contributed by atoms with van der Waals surface area (Å²) in [5, 5.41) is 9.63. The van der Waals surface area contributed by atoms with Gasteiger partial charge in [0.1, 0.15) is 5.41 Å². The zero-order chi connectivity index (χ0) is 16.8. The largest absolute Gasteiger partial charge is 0.469 e. The van der Waals surface area contributed by atoms with Crippen LogP contribution >= 0.6 is 0 Å². The average molecular weight is 303 g/mol. The van der Waals surface area contributed by atoms with Crippen molar-refractivity contribution in [1.82, 2.24) is 0 Å². The molecule has 5 heteroatoms. The van der Waals surface area contributed by atoms with E-state index in [9.17, 15) is 14.9 Å². The number of nitriles is 1. The second-order valence-electron chi connectivity index (χ2n) is 5.48. The van der Waals surface area contributed by atoms with E-state index in [2.05, 4.69) is 29.4 Å². The molecule has 0 spiro atoms. The van der Waals surface area contributed by atoms with Crippen LogP contribution in [-0.2, 0) is 24.5 Å². The van der Waals surface area contributed by atoms with Crippen LogP contribution in [0.1, 0.15) is 43.7 Å². The Morgan fingerprint density at radius 3 is 1.86 bits per heavy atom. The van der Waals surface area contributed by atoms with Crippen molar-refractivity contribution in [3.05, 3.63) is 35.4 Å². The SMILES string of the molecule is COC(=O)CC(C#N)(CC(=O)OC)c1ccc(C(C)C)cc1. The smallest absolute Gasteiger partial charge is 0.307 e. The van der Waals surface area contributed by atoms with Crippen molar-refractivity contribution in [1.29, 1.82) is 5.26 Å². The van der Waals surface area contributed by atoms with Gasteiger partial charge in [-0.1, -0.05) is 38.1 Å². The minimum atomic E-state index is -1.28. The predicted molar refractivity (Wildman–Crippen MR) is 81.1 cm³/mol. The summed E-state index contributed by atoms with van der Waals surface area (Å²) >= 11 is 0. The summed E-state index contributed by atoms with van der Waals surface area (Å²) in [5.41, 5.74) is 0.442. The third-order valence-corrected chi connectivity index (χ3v) is 3.69. The van der Waals surface area contributed by atoms with Crippen molar-refractivity contribution < 1.29 is 19.1 Å². The number of hydrogen-bond acceptors (Lipinski definition) is 5. The number of ether oxygens (including phenoxy) is 2. The first-order valence-corrected chi connectivity index (χ1v) is 7.04. The molecule has 1 aromatic carbocycles. The van der Waals surface area contributed by atoms with Gasteiger partial charge in [-0.3, -0.25) is 9.59 Å². The summed E-state index contributed by atoms with van der Waals surface area (Å²) in [6.07, 6.45) is -0.397. The van der Waals surface area contributed by atoms with E-state index in [-0.39, 0.29) is 12.8 Å². The molecule has 0 aromatic heterocycles. The Kier molecular flexibility index (Phi) is 6.11. The molecular formula is C17H21NO4. The molecule has 0 saturated heterocycles. The first-order chi connectivity index (χ1) is 10.4. The number of methoxy groups -OCH3 is 2. The van der Waals surface area contributed by atoms with Crippen molar-refractivity contribution in [2.75, 3.05) is 14.2 Å². The van der Waals surface area contributed by atoms with Crippen LogP contribution in [0.3, 0.4) is 0 Å². The third-order valence-electron chi connectivity index (χ3n) is 3.69. The van der Waals surface area contributed by atoms with Gasteiger partial charge in [0.25, 0.3) is 0 Å². The maximum absolute atomic E-state index is 11.7. The molecule has 0 unspecified atom stereocenters. The second kappa shape index (κ2) is 7.60. The van der Waals surface area contributed by atoms with Crippen molar-refractivity contribution in [2.45, 2.75) is 38.0 Å². The van der Waals surface area contributed by atoms with Gasteiger partial charge in [-0.05, 0) is 17.0 Å². The zero-order valence-corrected chi connectivity index (χ0v) is 13.4. The molecule has 0 radical (unpaired) electrons. The lowest BCUT2D eigenvalue weighted by atomic mass is 9.75. The fourth-order valence-corrected chi connectivity index (χ4v) is 2.23. The second-order valence-corrected chi connectivity index (χ2v) is 5.48. The van der Waals surface area contributed by atoms with Crippen LogP contribution in [0.2, 0.25) is 0 Å². The Morgan fingerprint density at radius 2 is 1.55 bits per heavy atom. The Morgan fingerprint density at radius 1 is 1.09 bits per heavy atom. The van der Waals surface area contributed by atoms with E-state index >= 15 is 0 Å². The van der Waals surface area contributed by atoms with Crippen LogP contribution in [0.4, 0.5) is 0 Å². The molecule has 5 nitrogen and oxygen atoms in total. The maximum Gasteiger partial charge on any atom is 0.307 e. The summed E-state index contributed by atoms with van der Waals surface area (Å²) in [5.74, 6) is -0.733. The summed E-state index contributed by atoms with van der Waals surface area (Å²) in [6, 6.07) is 9.48. The van der Waals surface area contributed by atoms with E-state index in [1.807, 2.05) is 12.1 Å². The van der Waals surface area contributed by atoms with Gasteiger partial charge in [-0.15, -0.1) is 0 Å². The van der Waals surface area contributed by atoms with Crippen LogP contribution in [0, 0.1) is 11.3 Å². The summed E-state index contributed by atoms with van der Waals surface area (Å²) < 4.78 is 9.33. The van der Waals surface area contributed by atoms with Crippen LogP contribution in [-0.4, -0.2) is 26.2 Å². The van der Waals surface area contributed by atoms with Crippen LogP contribution in [0.15, 0.2) is 24.3 Å². The van der Waals surface area contributed by atoms with Crippen molar-refractivity contribution in [2.24, 2.45) is 0 Å². The Labute approximate surface area is 130 Å². The van der Waals surface area contributed by atoms with Gasteiger partial charge in [0.15, 0.2) is 0 Å². The van der Waals surface area contributed by atoms with E-state index in [1.54, 1.807) is 12.1 Å². The number of esters is 2. The van der Waals surface area contributed by atoms with Gasteiger partial charge in [-0.2, -0.15) is 5.26 Å². The molecule has 0 aliphatic rings. The highest BCUT2D eigenvalue weighted by Gasteiger charge is 2.38. The molecule has 0 heterocycles. The molecule has 0 atom stereocenters. The van der Waals surface area contributed by atoms with E-state index in [4.69, 9.17) is 0 Å². The number of rotatable bonds is 6. The molecule has 0 N–H and O–H groups in total. The molecular weight excluding hydrogens is 282 g/mol. The predicted octanol–water partition coefficient (Wildman–Crippen LogP) is 2.70. The molecule has 22 heavy (non-hydrogen) atoms. The van der Waals surface area contributed by atoms with Crippen molar-refractivity contribution >= 4 is 11.9 Å². The number of hydrogen-bond donors (Lipinski definition) is 0. The van der Waals surface area contributed by atoms with Gasteiger partial charge >= 0.3 is 11.9 Å². The first-order valence-electron chi connectivity index (χ1n) is 7.04. The zero-order valence-electron chi connectivity index (χ0n) is 13.4. The topological polar surface area (TPSA) is 76.4 Å². The van der Waals surface area contributed by atoms with Gasteiger partial charge in [-0.25, -0.2) is 0 Å². The third kappa shape index (κ3) is 4.08. The molecule has 1 aromatic rings. The molecule has 0 bridgehead atoms. The number of nitrogens with zero attached hydrogens (tertiary/aromatic N) is 1. The molecule has 0 amide bonds. The number of benzene rings is 1. The Balaban J connectivity index is 3.25. The lowest BCUT2D eigenvalue weighted by Crippen LogP contribution is -2.31. The lowest BCUT2D eigenvalue weighted by Gasteiger charge is -2.25. The van der Waals surface area contributed by atoms with Crippen LogP contribution < -0.4 is 0 Å². The van der Waals surface area contributed by atoms with Crippen molar-refractivity contribution in [3.8, 4) is 6.07 Å². The minimum absolute atomic E-state index is 0.198. The van der Waals surface area contributed by atoms with Crippen LogP contribution in [0.5, 0.6) is 0 Å². The van der Waals surface area contributed by atoms with Gasteiger partial charge in [0, 0.05) is 0 Å². The van der Waals surface area contributed by atoms with Crippen molar-refractivity contribution in [3.63, 3.8) is 0 Å². The lowest BCUT2D eigenvalue weighted by molar-refractivity contribution is -0.144. The number of carbonyl (C=O) groups excluding carboxylic acids is 2. The van der Waals surface area contributed by atoms with E-state index in [1.165, 1.54) is 14.2 Å². The highest BCUT2D eigenvalue weighted by Crippen LogP contribution is 2.33. The molecule has 1 rings (SSSR count). The standard InChI is InChI=1S/C17H21NO4/c1-12(2)13-5-7-14(8-6-13)17(11-18,9-15(19)21-3)10-16(20)22-4/h5-8,12H,9-10H2,1-4H3. The molecule has 0 aliphatic carbocycles. The first kappa shape index (κ1) is 17.7. The van der Waals surface area contributed by atoms with E-state index < -0.39 is 17.4 Å². The van der Waals surface area contributed by atoms with E-state index in [0.717, 1.165) is 5.56 Å². The summed E-state index contributed by atoms with van der Waals surface area (Å²) in [6.45, 7) is 4.13. The average Bonchev–Trinajstić information content (AvgIpc) is 2.53. The van der Waals surface area contributed by atoms with Gasteiger partial charge < -0.3 is 9.47 Å².